The summed E-state index contributed by atoms with van der Waals surface area (Å²) in [6.07, 6.45) is 3.54. The summed E-state index contributed by atoms with van der Waals surface area (Å²) in [6.45, 7) is 1.26. The molecule has 8 heteroatoms. The minimum atomic E-state index is -0.791. The van der Waals surface area contributed by atoms with Gasteiger partial charge in [0, 0.05) is 16.7 Å². The Morgan fingerprint density at radius 2 is 1.90 bits per heavy atom. The van der Waals surface area contributed by atoms with Crippen LogP contribution in [0, 0.1) is 17.8 Å². The number of ketones is 2. The van der Waals surface area contributed by atoms with Crippen molar-refractivity contribution in [1.82, 2.24) is 5.06 Å². The van der Waals surface area contributed by atoms with Crippen LogP contribution in [0.2, 0.25) is 0 Å². The predicted molar refractivity (Wildman–Crippen MR) is 99.6 cm³/mol. The molecule has 1 aliphatic heterocycles. The molecule has 1 fully saturated rings. The number of amides is 2. The fraction of sp³-hybridized carbons (Fsp3) is 0.364. The molecular weight excluding hydrogens is 390 g/mol. The number of imide groups is 1. The van der Waals surface area contributed by atoms with Crippen LogP contribution in [-0.4, -0.2) is 38.8 Å². The van der Waals surface area contributed by atoms with Crippen LogP contribution in [0.1, 0.15) is 37.2 Å². The van der Waals surface area contributed by atoms with E-state index < -0.39 is 35.5 Å². The number of hydroxylamine groups is 2. The topological polar surface area (TPSA) is 125 Å². The lowest BCUT2D eigenvalue weighted by Crippen LogP contribution is -2.39. The van der Waals surface area contributed by atoms with Crippen molar-refractivity contribution in [3.8, 4) is 0 Å². The number of nitrogens with zero attached hydrogens (tertiary/aromatic N) is 1. The van der Waals surface area contributed by atoms with Gasteiger partial charge in [-0.05, 0) is 43.9 Å². The number of furan rings is 1. The standard InChI is InChI=1S/C22H19NO7/c1-9-6-15(25)18-14(20(9)26)7-13-11(19(18)16-5-2-10(8-24)30-16)3-4-12-17(13)22(28)23(29)21(12)27/h2-3,5-6,12-13,17,19,24,29H,4,7-8H2,1H3. The van der Waals surface area contributed by atoms with Gasteiger partial charge < -0.3 is 9.52 Å². The summed E-state index contributed by atoms with van der Waals surface area (Å²) in [7, 11) is 0. The van der Waals surface area contributed by atoms with Crippen LogP contribution < -0.4 is 0 Å². The number of Topliss-reactive ketones (excluding diaryl/α,β-unsaturated/α-hetero) is 1. The molecule has 2 N–H and O–H groups in total. The minimum Gasteiger partial charge on any atom is -0.463 e. The van der Waals surface area contributed by atoms with Crippen molar-refractivity contribution in [2.45, 2.75) is 32.3 Å². The number of carbonyl (C=O) groups is 4. The molecule has 1 saturated heterocycles. The average Bonchev–Trinajstić information content (AvgIpc) is 3.30. The van der Waals surface area contributed by atoms with E-state index in [0.29, 0.717) is 28.2 Å². The molecule has 3 aliphatic carbocycles. The number of hydrogen-bond donors (Lipinski definition) is 2. The summed E-state index contributed by atoms with van der Waals surface area (Å²) in [5, 5.41) is 19.5. The van der Waals surface area contributed by atoms with E-state index in [1.54, 1.807) is 19.1 Å². The Morgan fingerprint density at radius 1 is 1.13 bits per heavy atom. The minimum absolute atomic E-state index is 0.148. The van der Waals surface area contributed by atoms with E-state index in [1.807, 2.05) is 6.08 Å². The highest BCUT2D eigenvalue weighted by Gasteiger charge is 2.56. The molecule has 30 heavy (non-hydrogen) atoms. The van der Waals surface area contributed by atoms with Crippen LogP contribution >= 0.6 is 0 Å². The first-order valence-corrected chi connectivity index (χ1v) is 9.80. The summed E-state index contributed by atoms with van der Waals surface area (Å²) < 4.78 is 5.74. The fourth-order valence-corrected chi connectivity index (χ4v) is 5.33. The lowest BCUT2D eigenvalue weighted by molar-refractivity contribution is -0.173. The monoisotopic (exact) mass is 409 g/mol. The van der Waals surface area contributed by atoms with E-state index in [4.69, 9.17) is 4.42 Å². The first-order valence-electron chi connectivity index (χ1n) is 9.80. The van der Waals surface area contributed by atoms with E-state index in [2.05, 4.69) is 0 Å². The Bertz CT molecular complexity index is 1120. The van der Waals surface area contributed by atoms with Gasteiger partial charge in [0.25, 0.3) is 11.8 Å². The van der Waals surface area contributed by atoms with Crippen molar-refractivity contribution in [3.05, 3.63) is 58.1 Å². The Balaban J connectivity index is 1.70. The first kappa shape index (κ1) is 18.9. The second-order valence-electron chi connectivity index (χ2n) is 8.18. The van der Waals surface area contributed by atoms with Crippen molar-refractivity contribution in [3.63, 3.8) is 0 Å². The second kappa shape index (κ2) is 6.45. The highest BCUT2D eigenvalue weighted by Crippen LogP contribution is 2.54. The van der Waals surface area contributed by atoms with Gasteiger partial charge in [0.2, 0.25) is 0 Å². The molecule has 4 atom stereocenters. The summed E-state index contributed by atoms with van der Waals surface area (Å²) in [5.41, 5.74) is 1.71. The highest BCUT2D eigenvalue weighted by molar-refractivity contribution is 6.23. The Kier molecular flexibility index (Phi) is 4.06. The number of aliphatic hydroxyl groups excluding tert-OH is 1. The summed E-state index contributed by atoms with van der Waals surface area (Å²) in [5.74, 6) is -3.82. The lowest BCUT2D eigenvalue weighted by atomic mass is 9.60. The van der Waals surface area contributed by atoms with Gasteiger partial charge in [-0.25, -0.2) is 0 Å². The molecule has 1 aromatic heterocycles. The number of carbonyl (C=O) groups excluding carboxylic acids is 4. The summed E-state index contributed by atoms with van der Waals surface area (Å²) >= 11 is 0. The third kappa shape index (κ3) is 2.41. The van der Waals surface area contributed by atoms with Crippen molar-refractivity contribution in [1.29, 1.82) is 0 Å². The van der Waals surface area contributed by atoms with E-state index in [9.17, 15) is 29.5 Å². The van der Waals surface area contributed by atoms with E-state index in [-0.39, 0.29) is 36.1 Å². The molecule has 4 unspecified atom stereocenters. The zero-order valence-corrected chi connectivity index (χ0v) is 16.1. The zero-order chi connectivity index (χ0) is 21.3. The highest BCUT2D eigenvalue weighted by atomic mass is 16.5. The molecule has 0 aromatic carbocycles. The molecule has 2 heterocycles. The zero-order valence-electron chi connectivity index (χ0n) is 16.1. The molecular formula is C22H19NO7. The van der Waals surface area contributed by atoms with Gasteiger partial charge in [-0.15, -0.1) is 0 Å². The fourth-order valence-electron chi connectivity index (χ4n) is 5.33. The van der Waals surface area contributed by atoms with Gasteiger partial charge in [-0.3, -0.25) is 24.4 Å². The number of allylic oxidation sites excluding steroid dienone is 6. The van der Waals surface area contributed by atoms with Crippen molar-refractivity contribution >= 4 is 23.4 Å². The smallest absolute Gasteiger partial charge is 0.257 e. The Hall–Kier alpha value is -3.10. The maximum absolute atomic E-state index is 12.9. The van der Waals surface area contributed by atoms with Crippen LogP contribution in [0.4, 0.5) is 0 Å². The normalized spacial score (nSPS) is 30.8. The largest absolute Gasteiger partial charge is 0.463 e. The lowest BCUT2D eigenvalue weighted by Gasteiger charge is -2.41. The van der Waals surface area contributed by atoms with Crippen molar-refractivity contribution in [2.24, 2.45) is 17.8 Å². The van der Waals surface area contributed by atoms with Crippen LogP contribution in [0.3, 0.4) is 0 Å². The number of fused-ring (bicyclic) bond motifs is 3. The third-order valence-electron chi connectivity index (χ3n) is 6.66. The van der Waals surface area contributed by atoms with Gasteiger partial charge in [-0.2, -0.15) is 5.06 Å². The SMILES string of the molecule is CC1=CC(=O)C2=C(CC3C(=CCC4C(=O)N(O)C(=O)C43)C2c2ccc(CO)o2)C1=O. The van der Waals surface area contributed by atoms with E-state index in [0.717, 1.165) is 5.57 Å². The maximum Gasteiger partial charge on any atom is 0.257 e. The van der Waals surface area contributed by atoms with Gasteiger partial charge >= 0.3 is 0 Å². The second-order valence-corrected chi connectivity index (χ2v) is 8.18. The quantitative estimate of drug-likeness (QED) is 0.329. The van der Waals surface area contributed by atoms with Gasteiger partial charge in [0.05, 0.1) is 17.8 Å². The number of hydrogen-bond acceptors (Lipinski definition) is 7. The molecule has 0 saturated carbocycles. The van der Waals surface area contributed by atoms with Gasteiger partial charge in [-0.1, -0.05) is 11.6 Å². The van der Waals surface area contributed by atoms with Crippen LogP contribution in [0.25, 0.3) is 0 Å². The molecule has 0 spiro atoms. The van der Waals surface area contributed by atoms with E-state index in [1.165, 1.54) is 6.08 Å². The number of rotatable bonds is 2. The molecule has 4 aliphatic rings. The third-order valence-corrected chi connectivity index (χ3v) is 6.66. The van der Waals surface area contributed by atoms with Crippen LogP contribution in [-0.2, 0) is 25.8 Å². The molecule has 154 valence electrons. The number of aliphatic hydroxyl groups is 1. The Labute approximate surface area is 171 Å². The van der Waals surface area contributed by atoms with Gasteiger partial charge in [0.1, 0.15) is 18.1 Å². The molecule has 2 amide bonds. The molecule has 8 nitrogen and oxygen atoms in total. The molecule has 0 radical (unpaired) electrons. The molecule has 1 aromatic rings. The predicted octanol–water partition coefficient (Wildman–Crippen LogP) is 1.59. The maximum atomic E-state index is 12.9. The van der Waals surface area contributed by atoms with Crippen molar-refractivity contribution in [2.75, 3.05) is 0 Å². The van der Waals surface area contributed by atoms with Crippen LogP contribution in [0.5, 0.6) is 0 Å². The van der Waals surface area contributed by atoms with Crippen LogP contribution in [0.15, 0.2) is 51.0 Å². The summed E-state index contributed by atoms with van der Waals surface area (Å²) in [6, 6.07) is 3.25. The molecule has 0 bridgehead atoms. The van der Waals surface area contributed by atoms with Gasteiger partial charge in [0.15, 0.2) is 11.6 Å². The molecule has 5 rings (SSSR count). The first-order chi connectivity index (χ1) is 14.3. The Morgan fingerprint density at radius 3 is 2.60 bits per heavy atom. The van der Waals surface area contributed by atoms with E-state index >= 15 is 0 Å². The average molecular weight is 409 g/mol. The summed E-state index contributed by atoms with van der Waals surface area (Å²) in [4.78, 5) is 50.8. The van der Waals surface area contributed by atoms with Crippen molar-refractivity contribution < 1.29 is 33.9 Å².